The number of carbonyl (C=O) groups excluding carboxylic acids is 1. The third-order valence-electron chi connectivity index (χ3n) is 3.68. The Morgan fingerprint density at radius 2 is 2.25 bits per heavy atom. The van der Waals surface area contributed by atoms with Gasteiger partial charge in [0.25, 0.3) is 5.91 Å². The summed E-state index contributed by atoms with van der Waals surface area (Å²) in [5.74, 6) is -1.70. The Balaban J connectivity index is 1.93. The highest BCUT2D eigenvalue weighted by Gasteiger charge is 2.30. The van der Waals surface area contributed by atoms with Crippen molar-refractivity contribution < 1.29 is 19.4 Å². The summed E-state index contributed by atoms with van der Waals surface area (Å²) in [6, 6.07) is 0. The van der Waals surface area contributed by atoms with E-state index in [0.717, 1.165) is 12.8 Å². The number of carboxylic acids is 1. The number of aryl methyl sites for hydroxylation is 1. The quantitative estimate of drug-likeness (QED) is 0.808. The maximum atomic E-state index is 11.9. The molecule has 20 heavy (non-hydrogen) atoms. The van der Waals surface area contributed by atoms with Gasteiger partial charge in [0, 0.05) is 26.8 Å². The molecule has 2 heterocycles. The van der Waals surface area contributed by atoms with E-state index in [4.69, 9.17) is 4.74 Å². The van der Waals surface area contributed by atoms with Crippen LogP contribution in [-0.2, 0) is 16.6 Å². The van der Waals surface area contributed by atoms with Crippen LogP contribution in [0.2, 0.25) is 0 Å². The van der Waals surface area contributed by atoms with Gasteiger partial charge in [-0.3, -0.25) is 9.59 Å². The minimum absolute atomic E-state index is 0.0492. The fraction of sp³-hybridized carbons (Fsp3) is 0.615. The average Bonchev–Trinajstić information content (AvgIpc) is 2.86. The molecule has 1 amide bonds. The van der Waals surface area contributed by atoms with Crippen molar-refractivity contribution in [1.29, 1.82) is 0 Å². The van der Waals surface area contributed by atoms with Crippen molar-refractivity contribution in [2.24, 2.45) is 18.9 Å². The van der Waals surface area contributed by atoms with Crippen molar-refractivity contribution in [2.75, 3.05) is 19.8 Å². The number of amides is 1. The van der Waals surface area contributed by atoms with Gasteiger partial charge in [-0.1, -0.05) is 0 Å². The van der Waals surface area contributed by atoms with Crippen LogP contribution in [0.25, 0.3) is 0 Å². The summed E-state index contributed by atoms with van der Waals surface area (Å²) in [6.45, 7) is 1.30. The maximum absolute atomic E-state index is 11.9. The van der Waals surface area contributed by atoms with E-state index in [0.29, 0.717) is 18.9 Å². The molecule has 7 nitrogen and oxygen atoms in total. The van der Waals surface area contributed by atoms with Crippen molar-refractivity contribution in [3.8, 4) is 0 Å². The minimum atomic E-state index is -0.873. The number of aliphatic carboxylic acids is 1. The van der Waals surface area contributed by atoms with Crippen molar-refractivity contribution in [3.63, 3.8) is 0 Å². The summed E-state index contributed by atoms with van der Waals surface area (Å²) in [7, 11) is 1.72. The van der Waals surface area contributed by atoms with Gasteiger partial charge < -0.3 is 19.7 Å². The van der Waals surface area contributed by atoms with Crippen molar-refractivity contribution in [1.82, 2.24) is 14.9 Å². The zero-order valence-corrected chi connectivity index (χ0v) is 11.4. The zero-order valence-electron chi connectivity index (χ0n) is 11.4. The summed E-state index contributed by atoms with van der Waals surface area (Å²) in [6.07, 6.45) is 4.43. The number of hydrogen-bond acceptors (Lipinski definition) is 4. The third-order valence-corrected chi connectivity index (χ3v) is 3.68. The Hall–Kier alpha value is -1.89. The molecule has 0 aromatic carbocycles. The number of hydrogen-bond donors (Lipinski definition) is 2. The number of aromatic nitrogens is 2. The number of nitrogens with one attached hydrogen (secondary N) is 1. The Bertz CT molecular complexity index is 480. The lowest BCUT2D eigenvalue weighted by Crippen LogP contribution is -2.39. The predicted molar refractivity (Wildman–Crippen MR) is 70.2 cm³/mol. The van der Waals surface area contributed by atoms with E-state index in [1.165, 1.54) is 12.5 Å². The van der Waals surface area contributed by atoms with Gasteiger partial charge in [-0.15, -0.1) is 0 Å². The number of imidazole rings is 1. The fourth-order valence-electron chi connectivity index (χ4n) is 2.44. The van der Waals surface area contributed by atoms with Crippen LogP contribution < -0.4 is 5.32 Å². The van der Waals surface area contributed by atoms with E-state index in [1.54, 1.807) is 11.6 Å². The second-order valence-corrected chi connectivity index (χ2v) is 4.99. The molecule has 1 aromatic heterocycles. The first kappa shape index (κ1) is 14.5. The lowest BCUT2D eigenvalue weighted by atomic mass is 9.86. The molecule has 1 unspecified atom stereocenters. The number of carboxylic acid groups (broad SMARTS) is 1. The monoisotopic (exact) mass is 281 g/mol. The highest BCUT2D eigenvalue weighted by molar-refractivity contribution is 5.92. The number of nitrogens with zero attached hydrogens (tertiary/aromatic N) is 2. The standard InChI is InChI=1S/C13H19N3O4/c1-16-8-14-7-11(16)12(17)15-6-10(13(18)19)9-2-4-20-5-3-9/h7-10H,2-6H2,1H3,(H,15,17)(H,18,19). The van der Waals surface area contributed by atoms with Crippen LogP contribution >= 0.6 is 0 Å². The summed E-state index contributed by atoms with van der Waals surface area (Å²) in [4.78, 5) is 27.2. The third kappa shape index (κ3) is 3.36. The summed E-state index contributed by atoms with van der Waals surface area (Å²) >= 11 is 0. The molecule has 0 bridgehead atoms. The van der Waals surface area contributed by atoms with Crippen LogP contribution in [0.1, 0.15) is 23.3 Å². The Labute approximate surface area is 116 Å². The van der Waals surface area contributed by atoms with Gasteiger partial charge in [0.2, 0.25) is 0 Å². The highest BCUT2D eigenvalue weighted by Crippen LogP contribution is 2.23. The van der Waals surface area contributed by atoms with Gasteiger partial charge in [-0.05, 0) is 18.8 Å². The molecule has 0 radical (unpaired) electrons. The normalized spacial score (nSPS) is 17.6. The van der Waals surface area contributed by atoms with Gasteiger partial charge in [-0.2, -0.15) is 0 Å². The first-order valence-electron chi connectivity index (χ1n) is 6.64. The molecule has 1 atom stereocenters. The van der Waals surface area contributed by atoms with E-state index in [9.17, 15) is 14.7 Å². The molecule has 1 aliphatic heterocycles. The molecule has 7 heteroatoms. The minimum Gasteiger partial charge on any atom is -0.481 e. The largest absolute Gasteiger partial charge is 0.481 e. The summed E-state index contributed by atoms with van der Waals surface area (Å²) < 4.78 is 6.83. The molecular weight excluding hydrogens is 262 g/mol. The molecule has 0 saturated carbocycles. The first-order valence-corrected chi connectivity index (χ1v) is 6.64. The van der Waals surface area contributed by atoms with Crippen LogP contribution in [-0.4, -0.2) is 46.3 Å². The van der Waals surface area contributed by atoms with Gasteiger partial charge in [0.1, 0.15) is 5.69 Å². The molecule has 1 aliphatic rings. The molecule has 1 aromatic rings. The molecule has 110 valence electrons. The van der Waals surface area contributed by atoms with Gasteiger partial charge in [-0.25, -0.2) is 4.98 Å². The molecular formula is C13H19N3O4. The fourth-order valence-corrected chi connectivity index (χ4v) is 2.44. The molecule has 1 fully saturated rings. The maximum Gasteiger partial charge on any atom is 0.308 e. The second-order valence-electron chi connectivity index (χ2n) is 4.99. The summed E-state index contributed by atoms with van der Waals surface area (Å²) in [5, 5.41) is 12.0. The molecule has 2 rings (SSSR count). The molecule has 0 aliphatic carbocycles. The van der Waals surface area contributed by atoms with Crippen molar-refractivity contribution in [2.45, 2.75) is 12.8 Å². The summed E-state index contributed by atoms with van der Waals surface area (Å²) in [5.41, 5.74) is 0.418. The predicted octanol–water partition coefficient (Wildman–Crippen LogP) is 0.277. The Morgan fingerprint density at radius 1 is 1.55 bits per heavy atom. The van der Waals surface area contributed by atoms with Crippen LogP contribution in [0.3, 0.4) is 0 Å². The van der Waals surface area contributed by atoms with Gasteiger partial charge >= 0.3 is 5.97 Å². The molecule has 0 spiro atoms. The lowest BCUT2D eigenvalue weighted by Gasteiger charge is -2.27. The van der Waals surface area contributed by atoms with Crippen molar-refractivity contribution >= 4 is 11.9 Å². The van der Waals surface area contributed by atoms with E-state index >= 15 is 0 Å². The Kier molecular flexibility index (Phi) is 4.73. The van der Waals surface area contributed by atoms with Gasteiger partial charge in [0.05, 0.1) is 18.4 Å². The topological polar surface area (TPSA) is 93.5 Å². The van der Waals surface area contributed by atoms with Crippen LogP contribution in [0, 0.1) is 11.8 Å². The Morgan fingerprint density at radius 3 is 2.80 bits per heavy atom. The molecule has 1 saturated heterocycles. The number of ether oxygens (including phenoxy) is 1. The van der Waals surface area contributed by atoms with E-state index in [-0.39, 0.29) is 18.4 Å². The van der Waals surface area contributed by atoms with Crippen LogP contribution in [0.5, 0.6) is 0 Å². The smallest absolute Gasteiger partial charge is 0.308 e. The second kappa shape index (κ2) is 6.51. The number of carbonyl (C=O) groups is 2. The molecule has 2 N–H and O–H groups in total. The lowest BCUT2D eigenvalue weighted by molar-refractivity contribution is -0.144. The van der Waals surface area contributed by atoms with E-state index < -0.39 is 11.9 Å². The highest BCUT2D eigenvalue weighted by atomic mass is 16.5. The van der Waals surface area contributed by atoms with Crippen LogP contribution in [0.4, 0.5) is 0 Å². The SMILES string of the molecule is Cn1cncc1C(=O)NCC(C(=O)O)C1CCOCC1. The van der Waals surface area contributed by atoms with E-state index in [2.05, 4.69) is 10.3 Å². The average molecular weight is 281 g/mol. The zero-order chi connectivity index (χ0) is 14.5. The van der Waals surface area contributed by atoms with Gasteiger partial charge in [0.15, 0.2) is 0 Å². The first-order chi connectivity index (χ1) is 9.59. The number of rotatable bonds is 5. The van der Waals surface area contributed by atoms with E-state index in [1.807, 2.05) is 0 Å². The van der Waals surface area contributed by atoms with Crippen molar-refractivity contribution in [3.05, 3.63) is 18.2 Å². The van der Waals surface area contributed by atoms with Crippen LogP contribution in [0.15, 0.2) is 12.5 Å².